The van der Waals surface area contributed by atoms with Crippen molar-refractivity contribution in [3.63, 3.8) is 0 Å². The molecule has 0 radical (unpaired) electrons. The number of hydrogen-bond acceptors (Lipinski definition) is 2. The lowest BCUT2D eigenvalue weighted by Crippen LogP contribution is -2.10. The predicted molar refractivity (Wildman–Crippen MR) is 231 cm³/mol. The van der Waals surface area contributed by atoms with Crippen LogP contribution in [-0.2, 0) is 0 Å². The molecule has 11 rings (SSSR count). The molecule has 3 nitrogen and oxygen atoms in total. The number of benzene rings is 9. The van der Waals surface area contributed by atoms with Crippen molar-refractivity contribution in [2.45, 2.75) is 0 Å². The average molecular weight is 721 g/mol. The number of rotatable bonds is 6. The summed E-state index contributed by atoms with van der Waals surface area (Å²) in [6.07, 6.45) is 0. The molecule has 0 saturated carbocycles. The van der Waals surface area contributed by atoms with Crippen molar-refractivity contribution in [3.8, 4) is 27.9 Å². The molecule has 4 heteroatoms. The molecule has 0 spiro atoms. The quantitative estimate of drug-likeness (QED) is 0.171. The molecule has 0 unspecified atom stereocenters. The number of anilines is 3. The number of aromatic nitrogens is 1. The highest BCUT2D eigenvalue weighted by Crippen LogP contribution is 2.41. The summed E-state index contributed by atoms with van der Waals surface area (Å²) in [6, 6.07) is 68.9. The van der Waals surface area contributed by atoms with Gasteiger partial charge in [-0.1, -0.05) is 133 Å². The minimum atomic E-state index is -0.242. The Bertz CT molecular complexity index is 3240. The molecule has 0 bridgehead atoms. The molecule has 0 aliphatic rings. The Hall–Kier alpha value is -7.43. The van der Waals surface area contributed by atoms with Crippen LogP contribution in [0.15, 0.2) is 205 Å². The summed E-state index contributed by atoms with van der Waals surface area (Å²) < 4.78 is 23.9. The van der Waals surface area contributed by atoms with Gasteiger partial charge in [-0.15, -0.1) is 0 Å². The zero-order chi connectivity index (χ0) is 37.2. The summed E-state index contributed by atoms with van der Waals surface area (Å²) in [5, 5.41) is 6.60. The first kappa shape index (κ1) is 32.0. The number of nitrogens with zero attached hydrogens (tertiary/aromatic N) is 2. The lowest BCUT2D eigenvalue weighted by Gasteiger charge is -2.26. The summed E-state index contributed by atoms with van der Waals surface area (Å²) >= 11 is 0. The third kappa shape index (κ3) is 5.11. The Balaban J connectivity index is 1.03. The highest BCUT2D eigenvalue weighted by Gasteiger charge is 2.18. The molecule has 0 amide bonds. The fourth-order valence-electron chi connectivity index (χ4n) is 8.47. The van der Waals surface area contributed by atoms with Crippen LogP contribution < -0.4 is 4.90 Å². The maximum absolute atomic E-state index is 15.5. The van der Waals surface area contributed by atoms with Crippen molar-refractivity contribution < 1.29 is 8.81 Å². The average Bonchev–Trinajstić information content (AvgIpc) is 3.81. The molecule has 0 fully saturated rings. The second-order valence-electron chi connectivity index (χ2n) is 14.2. The van der Waals surface area contributed by atoms with Gasteiger partial charge in [0, 0.05) is 49.9 Å². The van der Waals surface area contributed by atoms with E-state index in [0.29, 0.717) is 5.52 Å². The van der Waals surface area contributed by atoms with Gasteiger partial charge < -0.3 is 13.9 Å². The molecule has 0 N–H and O–H groups in total. The molecule has 11 aromatic rings. The molecular formula is C52H33FN2O. The molecule has 2 aromatic heterocycles. The highest BCUT2D eigenvalue weighted by molar-refractivity contribution is 6.10. The van der Waals surface area contributed by atoms with Gasteiger partial charge in [-0.25, -0.2) is 4.39 Å². The maximum Gasteiger partial charge on any atom is 0.147 e. The third-order valence-corrected chi connectivity index (χ3v) is 11.1. The first-order valence-corrected chi connectivity index (χ1v) is 18.9. The van der Waals surface area contributed by atoms with Crippen molar-refractivity contribution in [2.24, 2.45) is 0 Å². The van der Waals surface area contributed by atoms with Gasteiger partial charge in [0.25, 0.3) is 0 Å². The highest BCUT2D eigenvalue weighted by atomic mass is 19.1. The monoisotopic (exact) mass is 720 g/mol. The molecule has 9 aromatic carbocycles. The molecule has 2 heterocycles. The van der Waals surface area contributed by atoms with Crippen LogP contribution >= 0.6 is 0 Å². The zero-order valence-corrected chi connectivity index (χ0v) is 30.2. The fourth-order valence-corrected chi connectivity index (χ4v) is 8.47. The molecule has 0 aliphatic heterocycles. The first-order valence-electron chi connectivity index (χ1n) is 18.9. The zero-order valence-electron chi connectivity index (χ0n) is 30.2. The van der Waals surface area contributed by atoms with Gasteiger partial charge in [-0.2, -0.15) is 0 Å². The third-order valence-electron chi connectivity index (χ3n) is 11.1. The Labute approximate surface area is 322 Å². The van der Waals surface area contributed by atoms with Crippen molar-refractivity contribution in [2.75, 3.05) is 4.90 Å². The van der Waals surface area contributed by atoms with E-state index in [1.54, 1.807) is 6.07 Å². The predicted octanol–water partition coefficient (Wildman–Crippen LogP) is 14.8. The number of hydrogen-bond donors (Lipinski definition) is 0. The van der Waals surface area contributed by atoms with Crippen LogP contribution in [-0.4, -0.2) is 4.57 Å². The van der Waals surface area contributed by atoms with Gasteiger partial charge in [0.2, 0.25) is 0 Å². The SMILES string of the molecule is Fc1cccc2c3ccccc3n(-c3ccc(N(c4ccc(-c5cccc6ccccc56)cc4)c4ccc(-c5cccc6c5oc5ccccc56)cc4)cc3)c12. The van der Waals surface area contributed by atoms with Gasteiger partial charge >= 0.3 is 0 Å². The largest absolute Gasteiger partial charge is 0.455 e. The topological polar surface area (TPSA) is 21.3 Å². The van der Waals surface area contributed by atoms with E-state index in [1.807, 2.05) is 34.9 Å². The number of halogens is 1. The van der Waals surface area contributed by atoms with E-state index < -0.39 is 0 Å². The van der Waals surface area contributed by atoms with Crippen molar-refractivity contribution in [1.82, 2.24) is 4.57 Å². The van der Waals surface area contributed by atoms with Crippen molar-refractivity contribution >= 4 is 71.6 Å². The van der Waals surface area contributed by atoms with Gasteiger partial charge in [0.15, 0.2) is 0 Å². The Kier molecular flexibility index (Phi) is 7.36. The number of fused-ring (bicyclic) bond motifs is 7. The summed E-state index contributed by atoms with van der Waals surface area (Å²) in [5.74, 6) is -0.242. The van der Waals surface area contributed by atoms with E-state index in [1.165, 1.54) is 22.4 Å². The normalized spacial score (nSPS) is 11.7. The van der Waals surface area contributed by atoms with Crippen LogP contribution in [0.2, 0.25) is 0 Å². The lowest BCUT2D eigenvalue weighted by molar-refractivity contribution is 0.635. The van der Waals surface area contributed by atoms with E-state index in [4.69, 9.17) is 4.42 Å². The second kappa shape index (κ2) is 12.9. The Morgan fingerprint density at radius 1 is 0.411 bits per heavy atom. The lowest BCUT2D eigenvalue weighted by atomic mass is 9.98. The summed E-state index contributed by atoms with van der Waals surface area (Å²) in [7, 11) is 0. The summed E-state index contributed by atoms with van der Waals surface area (Å²) in [5.41, 5.74) is 11.7. The van der Waals surface area contributed by atoms with Gasteiger partial charge in [0.1, 0.15) is 17.0 Å². The van der Waals surface area contributed by atoms with E-state index in [-0.39, 0.29) is 5.82 Å². The number of furan rings is 1. The maximum atomic E-state index is 15.5. The smallest absolute Gasteiger partial charge is 0.147 e. The van der Waals surface area contributed by atoms with E-state index in [9.17, 15) is 0 Å². The van der Waals surface area contributed by atoms with E-state index in [2.05, 4.69) is 163 Å². The van der Waals surface area contributed by atoms with Gasteiger partial charge in [0.05, 0.1) is 11.0 Å². The van der Waals surface area contributed by atoms with Crippen molar-refractivity contribution in [3.05, 3.63) is 206 Å². The minimum absolute atomic E-state index is 0.242. The Morgan fingerprint density at radius 2 is 0.946 bits per heavy atom. The van der Waals surface area contributed by atoms with Crippen LogP contribution in [0, 0.1) is 5.82 Å². The van der Waals surface area contributed by atoms with Crippen molar-refractivity contribution in [1.29, 1.82) is 0 Å². The van der Waals surface area contributed by atoms with Crippen LogP contribution in [0.1, 0.15) is 0 Å². The molecule has 0 saturated heterocycles. The Morgan fingerprint density at radius 3 is 1.71 bits per heavy atom. The molecule has 0 atom stereocenters. The van der Waals surface area contributed by atoms with Crippen LogP contribution in [0.25, 0.3) is 82.5 Å². The summed E-state index contributed by atoms with van der Waals surface area (Å²) in [6.45, 7) is 0. The van der Waals surface area contributed by atoms with Gasteiger partial charge in [-0.05, 0) is 94.2 Å². The van der Waals surface area contributed by atoms with Crippen LogP contribution in [0.4, 0.5) is 21.5 Å². The molecule has 56 heavy (non-hydrogen) atoms. The molecular weight excluding hydrogens is 688 g/mol. The van der Waals surface area contributed by atoms with Crippen LogP contribution in [0.5, 0.6) is 0 Å². The number of para-hydroxylation sites is 4. The second-order valence-corrected chi connectivity index (χ2v) is 14.2. The van der Waals surface area contributed by atoms with Gasteiger partial charge in [-0.3, -0.25) is 0 Å². The first-order chi connectivity index (χ1) is 27.7. The fraction of sp³-hybridized carbons (Fsp3) is 0. The van der Waals surface area contributed by atoms with Crippen LogP contribution in [0.3, 0.4) is 0 Å². The minimum Gasteiger partial charge on any atom is -0.455 e. The molecule has 0 aliphatic carbocycles. The standard InChI is InChI=1S/C52H33FN2O/c53-48-19-9-17-46-44-13-3-5-20-49(44)55(51(46)48)40-32-30-39(31-33-40)54(37-26-22-35(23-27-37)42-15-7-11-34-10-1-2-12-41(34)42)38-28-24-36(25-29-38)43-16-8-18-47-45-14-4-6-21-50(45)56-52(43)47/h1-33H. The van der Waals surface area contributed by atoms with E-state index >= 15 is 4.39 Å². The molecule has 264 valence electrons. The van der Waals surface area contributed by atoms with E-state index in [0.717, 1.165) is 77.7 Å². The summed E-state index contributed by atoms with van der Waals surface area (Å²) in [4.78, 5) is 2.27.